The van der Waals surface area contributed by atoms with E-state index in [4.69, 9.17) is 0 Å². The van der Waals surface area contributed by atoms with E-state index < -0.39 is 0 Å². The molecular formula is C11H20O. The highest BCUT2D eigenvalue weighted by atomic mass is 16.3. The summed E-state index contributed by atoms with van der Waals surface area (Å²) < 4.78 is 0. The molecular weight excluding hydrogens is 148 g/mol. The van der Waals surface area contributed by atoms with E-state index in [2.05, 4.69) is 6.58 Å². The van der Waals surface area contributed by atoms with Gasteiger partial charge in [-0.25, -0.2) is 0 Å². The predicted molar refractivity (Wildman–Crippen MR) is 51.9 cm³/mol. The third-order valence-corrected chi connectivity index (χ3v) is 3.04. The molecule has 0 aromatic rings. The molecule has 12 heavy (non-hydrogen) atoms. The van der Waals surface area contributed by atoms with Crippen LogP contribution in [-0.2, 0) is 0 Å². The van der Waals surface area contributed by atoms with Gasteiger partial charge in [0, 0.05) is 0 Å². The molecule has 0 bridgehead atoms. The summed E-state index contributed by atoms with van der Waals surface area (Å²) >= 11 is 0. The van der Waals surface area contributed by atoms with Crippen LogP contribution < -0.4 is 0 Å². The van der Waals surface area contributed by atoms with Crippen molar-refractivity contribution in [3.8, 4) is 0 Å². The minimum Gasteiger partial charge on any atom is -0.392 e. The number of aliphatic hydroxyl groups excluding tert-OH is 1. The molecule has 0 saturated heterocycles. The summed E-state index contributed by atoms with van der Waals surface area (Å²) in [6.07, 6.45) is 8.07. The second-order valence-corrected chi connectivity index (χ2v) is 3.98. The molecule has 1 nitrogen and oxygen atoms in total. The van der Waals surface area contributed by atoms with Gasteiger partial charge in [0.1, 0.15) is 0 Å². The molecule has 0 unspecified atom stereocenters. The first kappa shape index (κ1) is 9.79. The average molecular weight is 168 g/mol. The second kappa shape index (κ2) is 4.66. The van der Waals surface area contributed by atoms with Gasteiger partial charge in [-0.3, -0.25) is 0 Å². The van der Waals surface area contributed by atoms with Crippen molar-refractivity contribution < 1.29 is 5.11 Å². The van der Waals surface area contributed by atoms with E-state index in [1.54, 1.807) is 0 Å². The average Bonchev–Trinajstić information content (AvgIpc) is 2.17. The van der Waals surface area contributed by atoms with E-state index in [9.17, 15) is 5.11 Å². The third-order valence-electron chi connectivity index (χ3n) is 3.04. The lowest BCUT2D eigenvalue weighted by Crippen LogP contribution is -2.28. The standard InChI is InChI=1S/C11H20O/c1-3-9(2)11(12)10-7-5-4-6-8-10/h3,9-12H,1,4-8H2,2H3/t9-,11+/m1/s1. The van der Waals surface area contributed by atoms with E-state index in [0.29, 0.717) is 5.92 Å². The van der Waals surface area contributed by atoms with Crippen LogP contribution in [0, 0.1) is 11.8 Å². The fourth-order valence-electron chi connectivity index (χ4n) is 2.04. The number of hydrogen-bond donors (Lipinski definition) is 1. The Labute approximate surface area is 75.5 Å². The maximum Gasteiger partial charge on any atom is 0.0628 e. The number of aliphatic hydroxyl groups is 1. The zero-order chi connectivity index (χ0) is 8.97. The molecule has 0 spiro atoms. The summed E-state index contributed by atoms with van der Waals surface area (Å²) in [6.45, 7) is 5.76. The quantitative estimate of drug-likeness (QED) is 0.642. The van der Waals surface area contributed by atoms with Gasteiger partial charge in [-0.1, -0.05) is 32.3 Å². The van der Waals surface area contributed by atoms with Crippen LogP contribution in [0.15, 0.2) is 12.7 Å². The molecule has 1 heteroatoms. The Morgan fingerprint density at radius 3 is 2.42 bits per heavy atom. The second-order valence-electron chi connectivity index (χ2n) is 3.98. The van der Waals surface area contributed by atoms with Crippen LogP contribution in [-0.4, -0.2) is 11.2 Å². The van der Waals surface area contributed by atoms with Crippen LogP contribution in [0.2, 0.25) is 0 Å². The van der Waals surface area contributed by atoms with Gasteiger partial charge in [0.25, 0.3) is 0 Å². The Balaban J connectivity index is 2.38. The molecule has 1 N–H and O–H groups in total. The summed E-state index contributed by atoms with van der Waals surface area (Å²) in [5.74, 6) is 0.792. The molecule has 0 aliphatic heterocycles. The Morgan fingerprint density at radius 2 is 1.92 bits per heavy atom. The zero-order valence-corrected chi connectivity index (χ0v) is 8.00. The van der Waals surface area contributed by atoms with Crippen LogP contribution in [0.5, 0.6) is 0 Å². The van der Waals surface area contributed by atoms with Gasteiger partial charge in [0.05, 0.1) is 6.10 Å². The van der Waals surface area contributed by atoms with Crippen molar-refractivity contribution in [3.05, 3.63) is 12.7 Å². The molecule has 1 rings (SSSR count). The number of hydrogen-bond acceptors (Lipinski definition) is 1. The maximum atomic E-state index is 9.87. The number of rotatable bonds is 3. The molecule has 0 aromatic heterocycles. The SMILES string of the molecule is C=C[C@@H](C)[C@H](O)C1CCCCC1. The summed E-state index contributed by atoms with van der Waals surface area (Å²) in [7, 11) is 0. The molecule has 0 amide bonds. The largest absolute Gasteiger partial charge is 0.392 e. The first-order chi connectivity index (χ1) is 5.75. The lowest BCUT2D eigenvalue weighted by atomic mass is 9.81. The molecule has 1 aliphatic carbocycles. The van der Waals surface area contributed by atoms with Crippen molar-refractivity contribution >= 4 is 0 Å². The Morgan fingerprint density at radius 1 is 1.33 bits per heavy atom. The Bertz CT molecular complexity index is 136. The summed E-state index contributed by atoms with van der Waals surface area (Å²) in [4.78, 5) is 0. The van der Waals surface area contributed by atoms with Crippen molar-refractivity contribution in [1.29, 1.82) is 0 Å². The third kappa shape index (κ3) is 2.34. The highest BCUT2D eigenvalue weighted by Crippen LogP contribution is 2.29. The zero-order valence-electron chi connectivity index (χ0n) is 8.00. The molecule has 0 aromatic carbocycles. The minimum atomic E-state index is -0.150. The van der Waals surface area contributed by atoms with Crippen LogP contribution >= 0.6 is 0 Å². The minimum absolute atomic E-state index is 0.150. The van der Waals surface area contributed by atoms with E-state index >= 15 is 0 Å². The van der Waals surface area contributed by atoms with Crippen LogP contribution in [0.1, 0.15) is 39.0 Å². The first-order valence-corrected chi connectivity index (χ1v) is 5.06. The normalized spacial score (nSPS) is 24.8. The van der Waals surface area contributed by atoms with Crippen molar-refractivity contribution in [2.24, 2.45) is 11.8 Å². The van der Waals surface area contributed by atoms with Crippen LogP contribution in [0.25, 0.3) is 0 Å². The first-order valence-electron chi connectivity index (χ1n) is 5.06. The van der Waals surface area contributed by atoms with Crippen LogP contribution in [0.3, 0.4) is 0 Å². The predicted octanol–water partition coefficient (Wildman–Crippen LogP) is 2.75. The van der Waals surface area contributed by atoms with E-state index in [-0.39, 0.29) is 12.0 Å². The van der Waals surface area contributed by atoms with E-state index in [1.165, 1.54) is 32.1 Å². The van der Waals surface area contributed by atoms with Gasteiger partial charge >= 0.3 is 0 Å². The van der Waals surface area contributed by atoms with E-state index in [0.717, 1.165) is 0 Å². The molecule has 1 saturated carbocycles. The highest BCUT2D eigenvalue weighted by Gasteiger charge is 2.24. The monoisotopic (exact) mass is 168 g/mol. The lowest BCUT2D eigenvalue weighted by molar-refractivity contribution is 0.0558. The maximum absolute atomic E-state index is 9.87. The Hall–Kier alpha value is -0.300. The van der Waals surface area contributed by atoms with Crippen molar-refractivity contribution in [1.82, 2.24) is 0 Å². The van der Waals surface area contributed by atoms with Crippen molar-refractivity contribution in [2.45, 2.75) is 45.1 Å². The van der Waals surface area contributed by atoms with Gasteiger partial charge in [-0.15, -0.1) is 6.58 Å². The van der Waals surface area contributed by atoms with Crippen molar-refractivity contribution in [3.63, 3.8) is 0 Å². The van der Waals surface area contributed by atoms with Gasteiger partial charge in [-0.05, 0) is 24.7 Å². The molecule has 2 atom stereocenters. The fourth-order valence-corrected chi connectivity index (χ4v) is 2.04. The summed E-state index contributed by atoms with van der Waals surface area (Å²) in [5.41, 5.74) is 0. The van der Waals surface area contributed by atoms with Gasteiger partial charge in [0.15, 0.2) is 0 Å². The fraction of sp³-hybridized carbons (Fsp3) is 0.818. The van der Waals surface area contributed by atoms with Crippen molar-refractivity contribution in [2.75, 3.05) is 0 Å². The molecule has 1 fully saturated rings. The molecule has 0 radical (unpaired) electrons. The van der Waals surface area contributed by atoms with Gasteiger partial charge < -0.3 is 5.11 Å². The highest BCUT2D eigenvalue weighted by molar-refractivity contribution is 4.86. The van der Waals surface area contributed by atoms with Gasteiger partial charge in [0.2, 0.25) is 0 Å². The smallest absolute Gasteiger partial charge is 0.0628 e. The molecule has 0 heterocycles. The van der Waals surface area contributed by atoms with E-state index in [1.807, 2.05) is 13.0 Å². The molecule has 1 aliphatic rings. The molecule has 70 valence electrons. The van der Waals surface area contributed by atoms with Gasteiger partial charge in [-0.2, -0.15) is 0 Å². The Kier molecular flexibility index (Phi) is 3.80. The summed E-state index contributed by atoms with van der Waals surface area (Å²) in [5, 5.41) is 9.87. The summed E-state index contributed by atoms with van der Waals surface area (Å²) in [6, 6.07) is 0. The topological polar surface area (TPSA) is 20.2 Å². The lowest BCUT2D eigenvalue weighted by Gasteiger charge is -2.29. The van der Waals surface area contributed by atoms with Crippen LogP contribution in [0.4, 0.5) is 0 Å².